The second-order valence-corrected chi connectivity index (χ2v) is 8.27. The molecule has 0 aromatic heterocycles. The van der Waals surface area contributed by atoms with E-state index < -0.39 is 0 Å². The van der Waals surface area contributed by atoms with Gasteiger partial charge in [-0.25, -0.2) is 0 Å². The minimum atomic E-state index is 0.690. The molecule has 33 heavy (non-hydrogen) atoms. The van der Waals surface area contributed by atoms with Crippen LogP contribution in [0.5, 0.6) is 0 Å². The molecule has 0 amide bonds. The number of hydrogen-bond acceptors (Lipinski definition) is 2. The van der Waals surface area contributed by atoms with E-state index in [1.807, 2.05) is 18.2 Å². The Morgan fingerprint density at radius 3 is 1.85 bits per heavy atom. The molecule has 0 unspecified atom stereocenters. The lowest BCUT2D eigenvalue weighted by Gasteiger charge is -2.27. The topological polar surface area (TPSA) is 20.3 Å². The molecule has 0 saturated carbocycles. The predicted molar refractivity (Wildman–Crippen MR) is 139 cm³/mol. The smallest absolute Gasteiger partial charge is 0.150 e. The lowest BCUT2D eigenvalue weighted by atomic mass is 10.0. The summed E-state index contributed by atoms with van der Waals surface area (Å²) in [5.74, 6) is 0. The molecule has 2 heteroatoms. The molecule has 6 rings (SSSR count). The van der Waals surface area contributed by atoms with Gasteiger partial charge in [-0.05, 0) is 63.3 Å². The van der Waals surface area contributed by atoms with E-state index >= 15 is 0 Å². The summed E-state index contributed by atoms with van der Waals surface area (Å²) in [7, 11) is 0. The van der Waals surface area contributed by atoms with Crippen LogP contribution in [0.4, 0.5) is 17.1 Å². The summed E-state index contributed by atoms with van der Waals surface area (Å²) in [5, 5.41) is 6.99. The van der Waals surface area contributed by atoms with Gasteiger partial charge in [0.1, 0.15) is 6.29 Å². The van der Waals surface area contributed by atoms with Gasteiger partial charge >= 0.3 is 0 Å². The summed E-state index contributed by atoms with van der Waals surface area (Å²) in [4.78, 5) is 13.5. The van der Waals surface area contributed by atoms with Crippen LogP contribution in [0.25, 0.3) is 32.3 Å². The Labute approximate surface area is 192 Å². The number of hydrogen-bond donors (Lipinski definition) is 0. The fourth-order valence-corrected chi connectivity index (χ4v) is 4.61. The molecule has 0 fully saturated rings. The summed E-state index contributed by atoms with van der Waals surface area (Å²) in [5.41, 5.74) is 4.00. The third-order valence-corrected chi connectivity index (χ3v) is 6.24. The molecular weight excluding hydrogens is 402 g/mol. The van der Waals surface area contributed by atoms with Gasteiger partial charge in [0.05, 0.1) is 5.69 Å². The maximum absolute atomic E-state index is 11.2. The normalized spacial score (nSPS) is 11.2. The Balaban J connectivity index is 1.61. The Bertz CT molecular complexity index is 1640. The molecular formula is C31H21NO. The zero-order chi connectivity index (χ0) is 22.2. The van der Waals surface area contributed by atoms with E-state index in [0.29, 0.717) is 5.56 Å². The highest BCUT2D eigenvalue weighted by Crippen LogP contribution is 2.40. The molecule has 6 aromatic carbocycles. The van der Waals surface area contributed by atoms with Crippen molar-refractivity contribution in [1.82, 2.24) is 0 Å². The molecule has 0 saturated heterocycles. The van der Waals surface area contributed by atoms with Gasteiger partial charge in [-0.3, -0.25) is 4.79 Å². The average molecular weight is 424 g/mol. The maximum atomic E-state index is 11.2. The molecule has 0 N–H and O–H groups in total. The van der Waals surface area contributed by atoms with Crippen molar-refractivity contribution in [2.45, 2.75) is 0 Å². The maximum Gasteiger partial charge on any atom is 0.150 e. The van der Waals surface area contributed by atoms with Crippen LogP contribution >= 0.6 is 0 Å². The molecule has 0 spiro atoms. The van der Waals surface area contributed by atoms with E-state index in [9.17, 15) is 4.79 Å². The van der Waals surface area contributed by atoms with Gasteiger partial charge in [-0.2, -0.15) is 0 Å². The summed E-state index contributed by atoms with van der Waals surface area (Å²) in [6.07, 6.45) is 0.894. The van der Waals surface area contributed by atoms with Crippen molar-refractivity contribution < 1.29 is 4.79 Å². The molecule has 2 nitrogen and oxygen atoms in total. The zero-order valence-corrected chi connectivity index (χ0v) is 18.0. The van der Waals surface area contributed by atoms with Gasteiger partial charge in [0, 0.05) is 22.3 Å². The number of fused-ring (bicyclic) bond motifs is 3. The van der Waals surface area contributed by atoms with Gasteiger partial charge in [0.2, 0.25) is 0 Å². The molecule has 0 aliphatic heterocycles. The molecule has 156 valence electrons. The SMILES string of the molecule is O=Cc1ccc2cc(N(c3ccc4ccccc4c3)c3cccc4ccccc34)ccc2c1. The Kier molecular flexibility index (Phi) is 4.63. The van der Waals surface area contributed by atoms with Crippen molar-refractivity contribution in [3.63, 3.8) is 0 Å². The number of carbonyl (C=O) groups excluding carboxylic acids is 1. The van der Waals surface area contributed by atoms with E-state index in [1.165, 1.54) is 21.5 Å². The first kappa shape index (κ1) is 19.3. The fourth-order valence-electron chi connectivity index (χ4n) is 4.61. The highest BCUT2D eigenvalue weighted by Gasteiger charge is 2.16. The number of anilines is 3. The molecule has 0 aliphatic rings. The minimum Gasteiger partial charge on any atom is -0.310 e. The van der Waals surface area contributed by atoms with Crippen LogP contribution < -0.4 is 4.90 Å². The first-order valence-electron chi connectivity index (χ1n) is 11.1. The second-order valence-electron chi connectivity index (χ2n) is 8.27. The summed E-state index contributed by atoms with van der Waals surface area (Å²) in [6, 6.07) is 42.2. The second kappa shape index (κ2) is 7.92. The Hall–Kier alpha value is -4.43. The van der Waals surface area contributed by atoms with E-state index in [1.54, 1.807) is 0 Å². The molecule has 0 bridgehead atoms. The average Bonchev–Trinajstić information content (AvgIpc) is 2.88. The van der Waals surface area contributed by atoms with Gasteiger partial charge in [-0.1, -0.05) is 84.9 Å². The van der Waals surface area contributed by atoms with Gasteiger partial charge in [0.25, 0.3) is 0 Å². The van der Waals surface area contributed by atoms with Gasteiger partial charge in [0.15, 0.2) is 0 Å². The Morgan fingerprint density at radius 2 is 1.06 bits per heavy atom. The van der Waals surface area contributed by atoms with E-state index in [0.717, 1.165) is 34.1 Å². The summed E-state index contributed by atoms with van der Waals surface area (Å²) >= 11 is 0. The quantitative estimate of drug-likeness (QED) is 0.265. The first-order valence-corrected chi connectivity index (χ1v) is 11.1. The highest BCUT2D eigenvalue weighted by atomic mass is 16.1. The molecule has 6 aromatic rings. The van der Waals surface area contributed by atoms with Crippen LogP contribution in [0.15, 0.2) is 121 Å². The first-order chi connectivity index (χ1) is 16.3. The monoisotopic (exact) mass is 423 g/mol. The standard InChI is InChI=1S/C31H21NO/c33-21-22-12-13-27-20-29(17-15-26(27)18-22)32(28-16-14-23-6-1-2-8-25(23)19-28)31-11-5-9-24-7-3-4-10-30(24)31/h1-21H. The van der Waals surface area contributed by atoms with Crippen LogP contribution in [0.2, 0.25) is 0 Å². The fraction of sp³-hybridized carbons (Fsp3) is 0. The van der Waals surface area contributed by atoms with Gasteiger partial charge in [-0.15, -0.1) is 0 Å². The lowest BCUT2D eigenvalue weighted by molar-refractivity contribution is 0.112. The molecule has 0 radical (unpaired) electrons. The van der Waals surface area contributed by atoms with Crippen LogP contribution in [0.3, 0.4) is 0 Å². The third-order valence-electron chi connectivity index (χ3n) is 6.24. The van der Waals surface area contributed by atoms with E-state index in [-0.39, 0.29) is 0 Å². The number of benzene rings is 6. The minimum absolute atomic E-state index is 0.690. The van der Waals surface area contributed by atoms with Crippen LogP contribution in [-0.2, 0) is 0 Å². The number of aldehydes is 1. The number of rotatable bonds is 4. The number of carbonyl (C=O) groups is 1. The summed E-state index contributed by atoms with van der Waals surface area (Å²) in [6.45, 7) is 0. The van der Waals surface area contributed by atoms with E-state index in [4.69, 9.17) is 0 Å². The van der Waals surface area contributed by atoms with Crippen molar-refractivity contribution in [3.05, 3.63) is 127 Å². The third kappa shape index (κ3) is 3.42. The van der Waals surface area contributed by atoms with Crippen LogP contribution in [0.1, 0.15) is 10.4 Å². The Morgan fingerprint density at radius 1 is 0.485 bits per heavy atom. The van der Waals surface area contributed by atoms with Crippen molar-refractivity contribution >= 4 is 55.7 Å². The lowest BCUT2D eigenvalue weighted by Crippen LogP contribution is -2.10. The van der Waals surface area contributed by atoms with Crippen molar-refractivity contribution in [2.24, 2.45) is 0 Å². The van der Waals surface area contributed by atoms with Gasteiger partial charge < -0.3 is 4.90 Å². The summed E-state index contributed by atoms with van der Waals surface area (Å²) < 4.78 is 0. The van der Waals surface area contributed by atoms with Crippen molar-refractivity contribution in [1.29, 1.82) is 0 Å². The largest absolute Gasteiger partial charge is 0.310 e. The molecule has 0 atom stereocenters. The zero-order valence-electron chi connectivity index (χ0n) is 18.0. The van der Waals surface area contributed by atoms with Crippen LogP contribution in [0, 0.1) is 0 Å². The van der Waals surface area contributed by atoms with Crippen molar-refractivity contribution in [2.75, 3.05) is 4.90 Å². The van der Waals surface area contributed by atoms with Crippen molar-refractivity contribution in [3.8, 4) is 0 Å². The van der Waals surface area contributed by atoms with E-state index in [2.05, 4.69) is 108 Å². The molecule has 0 heterocycles. The highest BCUT2D eigenvalue weighted by molar-refractivity contribution is 6.01. The van der Waals surface area contributed by atoms with Crippen LogP contribution in [-0.4, -0.2) is 6.29 Å². The number of nitrogens with zero attached hydrogens (tertiary/aromatic N) is 1. The predicted octanol–water partition coefficient (Wildman–Crippen LogP) is 8.43. The molecule has 0 aliphatic carbocycles.